The predicted octanol–water partition coefficient (Wildman–Crippen LogP) is 5.98. The van der Waals surface area contributed by atoms with Crippen LogP contribution in [0.4, 0.5) is 0 Å². The number of aryl methyl sites for hydroxylation is 1. The Morgan fingerprint density at radius 3 is 1.61 bits per heavy atom. The minimum atomic E-state index is 0.322. The van der Waals surface area contributed by atoms with Gasteiger partial charge in [-0.05, 0) is 73.2 Å². The van der Waals surface area contributed by atoms with Crippen LogP contribution in [-0.4, -0.2) is 5.11 Å². The van der Waals surface area contributed by atoms with Gasteiger partial charge < -0.3 is 5.11 Å². The van der Waals surface area contributed by atoms with E-state index in [1.165, 1.54) is 33.4 Å². The van der Waals surface area contributed by atoms with Gasteiger partial charge in [-0.25, -0.2) is 0 Å². The molecule has 3 aromatic carbocycles. The number of rotatable bonds is 1. The SMILES string of the molecule is Cc1cc(-c2ccccc2)c(C)c(C)c1C.Oc1ccccc1. The van der Waals surface area contributed by atoms with Gasteiger partial charge in [-0.2, -0.15) is 0 Å². The highest BCUT2D eigenvalue weighted by Crippen LogP contribution is 2.29. The average molecular weight is 304 g/mol. The third-order valence-electron chi connectivity index (χ3n) is 4.32. The lowest BCUT2D eigenvalue weighted by Gasteiger charge is -2.14. The maximum atomic E-state index is 8.63. The van der Waals surface area contributed by atoms with Gasteiger partial charge in [0.15, 0.2) is 0 Å². The molecule has 0 saturated heterocycles. The summed E-state index contributed by atoms with van der Waals surface area (Å²) < 4.78 is 0. The van der Waals surface area contributed by atoms with E-state index in [1.807, 2.05) is 6.07 Å². The Balaban J connectivity index is 0.000000229. The van der Waals surface area contributed by atoms with Gasteiger partial charge >= 0.3 is 0 Å². The number of hydrogen-bond acceptors (Lipinski definition) is 1. The lowest BCUT2D eigenvalue weighted by molar-refractivity contribution is 0.475. The molecule has 0 aliphatic rings. The Kier molecular flexibility index (Phi) is 5.59. The minimum Gasteiger partial charge on any atom is -0.508 e. The quantitative estimate of drug-likeness (QED) is 0.586. The molecule has 0 radical (unpaired) electrons. The highest BCUT2D eigenvalue weighted by molar-refractivity contribution is 5.70. The van der Waals surface area contributed by atoms with Gasteiger partial charge in [0.2, 0.25) is 0 Å². The first kappa shape index (κ1) is 16.8. The van der Waals surface area contributed by atoms with E-state index in [0.717, 1.165) is 0 Å². The van der Waals surface area contributed by atoms with Crippen molar-refractivity contribution in [2.75, 3.05) is 0 Å². The maximum Gasteiger partial charge on any atom is 0.115 e. The molecule has 23 heavy (non-hydrogen) atoms. The molecule has 0 aromatic heterocycles. The molecule has 0 aliphatic heterocycles. The van der Waals surface area contributed by atoms with Crippen molar-refractivity contribution in [3.05, 3.63) is 89.0 Å². The Bertz CT molecular complexity index is 759. The van der Waals surface area contributed by atoms with E-state index in [2.05, 4.69) is 64.1 Å². The molecule has 0 heterocycles. The maximum absolute atomic E-state index is 8.63. The van der Waals surface area contributed by atoms with Gasteiger partial charge in [0.1, 0.15) is 5.75 Å². The van der Waals surface area contributed by atoms with E-state index in [1.54, 1.807) is 24.3 Å². The minimum absolute atomic E-state index is 0.322. The Labute approximate surface area is 139 Å². The third-order valence-corrected chi connectivity index (χ3v) is 4.32. The number of benzene rings is 3. The molecule has 0 amide bonds. The molecule has 1 nitrogen and oxygen atoms in total. The summed E-state index contributed by atoms with van der Waals surface area (Å²) in [6, 6.07) is 21.6. The third kappa shape index (κ3) is 4.23. The van der Waals surface area contributed by atoms with Gasteiger partial charge in [-0.15, -0.1) is 0 Å². The topological polar surface area (TPSA) is 20.2 Å². The second-order valence-electron chi connectivity index (χ2n) is 5.82. The normalized spacial score (nSPS) is 9.91. The van der Waals surface area contributed by atoms with Crippen LogP contribution in [0.15, 0.2) is 66.7 Å². The van der Waals surface area contributed by atoms with Crippen LogP contribution in [0.1, 0.15) is 22.3 Å². The van der Waals surface area contributed by atoms with E-state index in [-0.39, 0.29) is 0 Å². The van der Waals surface area contributed by atoms with Crippen molar-refractivity contribution in [1.82, 2.24) is 0 Å². The molecule has 0 unspecified atom stereocenters. The van der Waals surface area contributed by atoms with Gasteiger partial charge in [0, 0.05) is 0 Å². The Morgan fingerprint density at radius 2 is 1.13 bits per heavy atom. The van der Waals surface area contributed by atoms with Crippen LogP contribution in [-0.2, 0) is 0 Å². The number of aromatic hydroxyl groups is 1. The fraction of sp³-hybridized carbons (Fsp3) is 0.182. The lowest BCUT2D eigenvalue weighted by Crippen LogP contribution is -1.94. The monoisotopic (exact) mass is 304 g/mol. The Morgan fingerprint density at radius 1 is 0.609 bits per heavy atom. The fourth-order valence-electron chi connectivity index (χ4n) is 2.56. The average Bonchev–Trinajstić information content (AvgIpc) is 2.58. The molecular weight excluding hydrogens is 280 g/mol. The van der Waals surface area contributed by atoms with E-state index in [0.29, 0.717) is 5.75 Å². The number of hydrogen-bond donors (Lipinski definition) is 1. The van der Waals surface area contributed by atoms with Crippen molar-refractivity contribution in [1.29, 1.82) is 0 Å². The molecule has 0 aliphatic carbocycles. The zero-order chi connectivity index (χ0) is 16.8. The van der Waals surface area contributed by atoms with Crippen LogP contribution in [0.5, 0.6) is 5.75 Å². The van der Waals surface area contributed by atoms with Crippen LogP contribution in [0.25, 0.3) is 11.1 Å². The zero-order valence-corrected chi connectivity index (χ0v) is 14.3. The second kappa shape index (κ2) is 7.64. The molecule has 3 rings (SSSR count). The molecule has 1 heteroatoms. The van der Waals surface area contributed by atoms with Crippen molar-refractivity contribution in [2.24, 2.45) is 0 Å². The highest BCUT2D eigenvalue weighted by Gasteiger charge is 2.08. The van der Waals surface area contributed by atoms with E-state index < -0.39 is 0 Å². The smallest absolute Gasteiger partial charge is 0.115 e. The van der Waals surface area contributed by atoms with Crippen LogP contribution in [0.2, 0.25) is 0 Å². The van der Waals surface area contributed by atoms with Gasteiger partial charge in [-0.3, -0.25) is 0 Å². The highest BCUT2D eigenvalue weighted by atomic mass is 16.3. The Hall–Kier alpha value is -2.54. The second-order valence-corrected chi connectivity index (χ2v) is 5.82. The van der Waals surface area contributed by atoms with Crippen molar-refractivity contribution in [2.45, 2.75) is 27.7 Å². The van der Waals surface area contributed by atoms with Crippen molar-refractivity contribution >= 4 is 0 Å². The van der Waals surface area contributed by atoms with Crippen LogP contribution < -0.4 is 0 Å². The molecular formula is C22H24O. The summed E-state index contributed by atoms with van der Waals surface area (Å²) in [5.41, 5.74) is 8.28. The summed E-state index contributed by atoms with van der Waals surface area (Å²) >= 11 is 0. The summed E-state index contributed by atoms with van der Waals surface area (Å²) in [7, 11) is 0. The molecule has 0 atom stereocenters. The molecule has 118 valence electrons. The van der Waals surface area contributed by atoms with Crippen LogP contribution in [0, 0.1) is 27.7 Å². The van der Waals surface area contributed by atoms with E-state index in [4.69, 9.17) is 5.11 Å². The van der Waals surface area contributed by atoms with Crippen molar-refractivity contribution in [3.63, 3.8) is 0 Å². The summed E-state index contributed by atoms with van der Waals surface area (Å²) in [4.78, 5) is 0. The first-order chi connectivity index (χ1) is 11.0. The van der Waals surface area contributed by atoms with Gasteiger partial charge in [-0.1, -0.05) is 54.6 Å². The lowest BCUT2D eigenvalue weighted by atomic mass is 9.91. The molecule has 0 bridgehead atoms. The molecule has 0 spiro atoms. The summed E-state index contributed by atoms with van der Waals surface area (Å²) in [5.74, 6) is 0.322. The van der Waals surface area contributed by atoms with E-state index >= 15 is 0 Å². The van der Waals surface area contributed by atoms with Gasteiger partial charge in [0.25, 0.3) is 0 Å². The summed E-state index contributed by atoms with van der Waals surface area (Å²) in [6.07, 6.45) is 0. The van der Waals surface area contributed by atoms with Gasteiger partial charge in [0.05, 0.1) is 0 Å². The first-order valence-electron chi connectivity index (χ1n) is 7.87. The molecule has 1 N–H and O–H groups in total. The van der Waals surface area contributed by atoms with Crippen LogP contribution in [0.3, 0.4) is 0 Å². The predicted molar refractivity (Wildman–Crippen MR) is 98.9 cm³/mol. The molecule has 0 fully saturated rings. The summed E-state index contributed by atoms with van der Waals surface area (Å²) in [6.45, 7) is 8.81. The van der Waals surface area contributed by atoms with Crippen LogP contribution >= 0.6 is 0 Å². The van der Waals surface area contributed by atoms with Crippen molar-refractivity contribution < 1.29 is 5.11 Å². The number of phenolic OH excluding ortho intramolecular Hbond substituents is 1. The zero-order valence-electron chi connectivity index (χ0n) is 14.3. The molecule has 3 aromatic rings. The van der Waals surface area contributed by atoms with Crippen molar-refractivity contribution in [3.8, 4) is 16.9 Å². The van der Waals surface area contributed by atoms with E-state index in [9.17, 15) is 0 Å². The first-order valence-corrected chi connectivity index (χ1v) is 7.87. The largest absolute Gasteiger partial charge is 0.508 e. The summed E-state index contributed by atoms with van der Waals surface area (Å²) in [5, 5.41) is 8.63. The standard InChI is InChI=1S/C16H18.C6H6O/c1-11-10-16(14(4)13(3)12(11)2)15-8-6-5-7-9-15;7-6-4-2-1-3-5-6/h5-10H,1-4H3;1-5,7H. The molecule has 0 saturated carbocycles. The fourth-order valence-corrected chi connectivity index (χ4v) is 2.56. The number of phenols is 1. The number of para-hydroxylation sites is 1.